The predicted octanol–water partition coefficient (Wildman–Crippen LogP) is 1.32. The maximum absolute atomic E-state index is 11.4. The quantitative estimate of drug-likeness (QED) is 0.558. The first kappa shape index (κ1) is 13.6. The van der Waals surface area contributed by atoms with Gasteiger partial charge in [-0.25, -0.2) is 4.79 Å². The summed E-state index contributed by atoms with van der Waals surface area (Å²) < 4.78 is 0. The summed E-state index contributed by atoms with van der Waals surface area (Å²) in [5.74, 6) is -0.378. The smallest absolute Gasteiger partial charge is 0.326 e. The number of aliphatic carboxylic acids is 1. The highest BCUT2D eigenvalue weighted by Crippen LogP contribution is 2.17. The molecule has 14 heavy (non-hydrogen) atoms. The van der Waals surface area contributed by atoms with E-state index in [1.807, 2.05) is 6.26 Å². The lowest BCUT2D eigenvalue weighted by molar-refractivity contribution is -0.148. The van der Waals surface area contributed by atoms with Crippen LogP contribution in [0.2, 0.25) is 0 Å². The fraction of sp³-hybridized carbons (Fsp3) is 0.750. The fourth-order valence-corrected chi connectivity index (χ4v) is 1.94. The zero-order valence-corrected chi connectivity index (χ0v) is 10.2. The van der Waals surface area contributed by atoms with Crippen LogP contribution in [-0.4, -0.2) is 47.0 Å². The Balaban J connectivity index is 3.92. The number of hydrogen-bond donors (Lipinski definition) is 1. The van der Waals surface area contributed by atoms with Crippen molar-refractivity contribution in [3.8, 4) is 0 Å². The van der Waals surface area contributed by atoms with E-state index < -0.39 is 12.0 Å². The topological polar surface area (TPSA) is 57.6 Å². The van der Waals surface area contributed by atoms with Gasteiger partial charge in [-0.2, -0.15) is 0 Å². The predicted molar refractivity (Wildman–Crippen MR) is 60.5 cm³/mol. The Labute approximate surface area is 91.8 Å². The van der Waals surface area contributed by atoms with E-state index in [2.05, 4.69) is 0 Å². The minimum absolute atomic E-state index is 0.124. The van der Waals surface area contributed by atoms with Crippen molar-refractivity contribution < 1.29 is 14.7 Å². The van der Waals surface area contributed by atoms with Gasteiger partial charge in [-0.1, -0.05) is 21.6 Å². The summed E-state index contributed by atoms with van der Waals surface area (Å²) in [4.78, 5) is 23.2. The van der Waals surface area contributed by atoms with E-state index in [1.165, 1.54) is 18.9 Å². The number of nitrogens with zero attached hydrogens (tertiary/aromatic N) is 1. The number of hydrogen-bond acceptors (Lipinski definition) is 4. The molecule has 0 bridgehead atoms. The summed E-state index contributed by atoms with van der Waals surface area (Å²) >= 11 is 0. The molecule has 6 heteroatoms. The Morgan fingerprint density at radius 3 is 2.50 bits per heavy atom. The van der Waals surface area contributed by atoms with E-state index in [9.17, 15) is 9.59 Å². The summed E-state index contributed by atoms with van der Waals surface area (Å²) in [5.41, 5.74) is 0. The number of carbonyl (C=O) groups is 2. The van der Waals surface area contributed by atoms with E-state index >= 15 is 0 Å². The summed E-state index contributed by atoms with van der Waals surface area (Å²) in [5, 5.41) is 8.67. The molecule has 0 aliphatic heterocycles. The molecule has 0 aliphatic carbocycles. The van der Waals surface area contributed by atoms with Crippen LogP contribution in [0.4, 0.5) is 0 Å². The summed E-state index contributed by atoms with van der Waals surface area (Å²) in [6.45, 7) is 1.50. The molecule has 0 aromatic rings. The van der Waals surface area contributed by atoms with Gasteiger partial charge in [0.1, 0.15) is 6.04 Å². The van der Waals surface area contributed by atoms with Crippen LogP contribution in [0.3, 0.4) is 0 Å². The number of carboxylic acid groups (broad SMARTS) is 1. The van der Waals surface area contributed by atoms with Crippen LogP contribution in [0.1, 0.15) is 13.3 Å². The second-order valence-electron chi connectivity index (χ2n) is 2.76. The third-order valence-electron chi connectivity index (χ3n) is 1.85. The van der Waals surface area contributed by atoms with Crippen molar-refractivity contribution in [2.75, 3.05) is 19.1 Å². The molecule has 0 radical (unpaired) electrons. The Morgan fingerprint density at radius 1 is 1.50 bits per heavy atom. The molecule has 0 unspecified atom stereocenters. The number of likely N-dealkylation sites (N-methyl/N-ethyl adjacent to an activating group) is 1. The van der Waals surface area contributed by atoms with Crippen molar-refractivity contribution in [1.82, 2.24) is 4.90 Å². The molecule has 0 rings (SSSR count). The normalized spacial score (nSPS) is 12.2. The average molecular weight is 237 g/mol. The van der Waals surface area contributed by atoms with Crippen molar-refractivity contribution in [1.29, 1.82) is 0 Å². The number of carbonyl (C=O) groups excluding carboxylic acids is 1. The molecule has 0 aliphatic rings. The molecule has 1 N–H and O–H groups in total. The lowest BCUT2D eigenvalue weighted by Crippen LogP contribution is -2.40. The minimum Gasteiger partial charge on any atom is -0.480 e. The first-order valence-corrected chi connectivity index (χ1v) is 6.87. The monoisotopic (exact) mass is 237 g/mol. The second-order valence-corrected chi connectivity index (χ2v) is 5.44. The van der Waals surface area contributed by atoms with Crippen molar-refractivity contribution >= 4 is 33.5 Å². The SMILES string of the molecule is CSSCCC(=O)N(C)[C@H](C)C(=O)O. The molecule has 0 heterocycles. The third-order valence-corrected chi connectivity index (χ3v) is 3.66. The minimum atomic E-state index is -0.974. The van der Waals surface area contributed by atoms with Gasteiger partial charge in [0.05, 0.1) is 0 Å². The maximum atomic E-state index is 11.4. The van der Waals surface area contributed by atoms with Crippen LogP contribution in [0.5, 0.6) is 0 Å². The largest absolute Gasteiger partial charge is 0.480 e. The van der Waals surface area contributed by atoms with Crippen molar-refractivity contribution in [3.63, 3.8) is 0 Å². The second kappa shape index (κ2) is 7.00. The highest BCUT2D eigenvalue weighted by atomic mass is 33.1. The lowest BCUT2D eigenvalue weighted by atomic mass is 10.3. The molecule has 0 aromatic carbocycles. The van der Waals surface area contributed by atoms with Crippen LogP contribution >= 0.6 is 21.6 Å². The molecule has 4 nitrogen and oxygen atoms in total. The zero-order valence-electron chi connectivity index (χ0n) is 8.52. The molecule has 0 aromatic heterocycles. The Hall–Kier alpha value is -0.360. The molecule has 1 amide bonds. The van der Waals surface area contributed by atoms with Crippen LogP contribution in [-0.2, 0) is 9.59 Å². The Bertz CT molecular complexity index is 211. The van der Waals surface area contributed by atoms with Crippen molar-refractivity contribution in [2.24, 2.45) is 0 Å². The van der Waals surface area contributed by atoms with Crippen molar-refractivity contribution in [2.45, 2.75) is 19.4 Å². The summed E-state index contributed by atoms with van der Waals surface area (Å²) in [6, 6.07) is -0.748. The standard InChI is InChI=1S/C8H15NO3S2/c1-6(8(11)12)9(2)7(10)4-5-14-13-3/h6H,4-5H2,1-3H3,(H,11,12)/t6-/m1/s1. The van der Waals surface area contributed by atoms with E-state index in [-0.39, 0.29) is 5.91 Å². The van der Waals surface area contributed by atoms with Crippen LogP contribution in [0.15, 0.2) is 0 Å². The number of carboxylic acids is 1. The van der Waals surface area contributed by atoms with Gasteiger partial charge in [0, 0.05) is 19.2 Å². The van der Waals surface area contributed by atoms with Crippen LogP contribution < -0.4 is 0 Å². The van der Waals surface area contributed by atoms with Gasteiger partial charge in [-0.15, -0.1) is 0 Å². The molecule has 0 spiro atoms. The van der Waals surface area contributed by atoms with Gasteiger partial charge in [-0.3, -0.25) is 4.79 Å². The van der Waals surface area contributed by atoms with E-state index in [4.69, 9.17) is 5.11 Å². The van der Waals surface area contributed by atoms with Gasteiger partial charge in [0.2, 0.25) is 5.91 Å². The summed E-state index contributed by atoms with van der Waals surface area (Å²) in [6.07, 6.45) is 2.33. The number of rotatable bonds is 6. The molecular formula is C8H15NO3S2. The van der Waals surface area contributed by atoms with Gasteiger partial charge in [-0.05, 0) is 13.2 Å². The Kier molecular flexibility index (Phi) is 6.82. The molecule has 0 saturated heterocycles. The summed E-state index contributed by atoms with van der Waals surface area (Å²) in [7, 11) is 4.71. The van der Waals surface area contributed by atoms with Crippen LogP contribution in [0.25, 0.3) is 0 Å². The molecular weight excluding hydrogens is 222 g/mol. The third kappa shape index (κ3) is 4.76. The van der Waals surface area contributed by atoms with Gasteiger partial charge in [0.25, 0.3) is 0 Å². The first-order valence-electron chi connectivity index (χ1n) is 4.14. The van der Waals surface area contributed by atoms with Crippen LogP contribution in [0, 0.1) is 0 Å². The zero-order chi connectivity index (χ0) is 11.1. The molecule has 0 fully saturated rings. The van der Waals surface area contributed by atoms with E-state index in [1.54, 1.807) is 21.6 Å². The lowest BCUT2D eigenvalue weighted by Gasteiger charge is -2.21. The highest BCUT2D eigenvalue weighted by molar-refractivity contribution is 8.76. The van der Waals surface area contributed by atoms with E-state index in [0.29, 0.717) is 6.42 Å². The van der Waals surface area contributed by atoms with Gasteiger partial charge < -0.3 is 10.0 Å². The maximum Gasteiger partial charge on any atom is 0.326 e. The molecule has 0 saturated carbocycles. The van der Waals surface area contributed by atoms with E-state index in [0.717, 1.165) is 5.75 Å². The Morgan fingerprint density at radius 2 is 2.07 bits per heavy atom. The highest BCUT2D eigenvalue weighted by Gasteiger charge is 2.20. The first-order chi connectivity index (χ1) is 6.50. The van der Waals surface area contributed by atoms with Gasteiger partial charge >= 0.3 is 5.97 Å². The van der Waals surface area contributed by atoms with Crippen molar-refractivity contribution in [3.05, 3.63) is 0 Å². The fourth-order valence-electron chi connectivity index (χ4n) is 0.770. The molecule has 82 valence electrons. The molecule has 1 atom stereocenters. The number of amides is 1. The van der Waals surface area contributed by atoms with Gasteiger partial charge in [0.15, 0.2) is 0 Å². The average Bonchev–Trinajstić information content (AvgIpc) is 2.15.